The highest BCUT2D eigenvalue weighted by atomic mass is 35.5. The minimum absolute atomic E-state index is 0.155. The predicted molar refractivity (Wildman–Crippen MR) is 77.4 cm³/mol. The molecule has 3 heterocycles. The number of halogens is 1. The van der Waals surface area contributed by atoms with Gasteiger partial charge in [0.05, 0.1) is 12.5 Å². The summed E-state index contributed by atoms with van der Waals surface area (Å²) in [6, 6.07) is 4.09. The van der Waals surface area contributed by atoms with Crippen LogP contribution in [0.2, 0.25) is 0 Å². The summed E-state index contributed by atoms with van der Waals surface area (Å²) in [5, 5.41) is -0.155. The van der Waals surface area contributed by atoms with Crippen LogP contribution in [0.3, 0.4) is 0 Å². The Hall–Kier alpha value is -1.33. The first-order chi connectivity index (χ1) is 9.70. The molecule has 108 valence electrons. The quantitative estimate of drug-likeness (QED) is 0.817. The lowest BCUT2D eigenvalue weighted by Gasteiger charge is -2.25. The van der Waals surface area contributed by atoms with Gasteiger partial charge in [-0.1, -0.05) is 0 Å². The molecule has 1 fully saturated rings. The summed E-state index contributed by atoms with van der Waals surface area (Å²) in [7, 11) is 1.62. The molecule has 1 unspecified atom stereocenters. The lowest BCUT2D eigenvalue weighted by Crippen LogP contribution is -2.21. The third-order valence-electron chi connectivity index (χ3n) is 3.66. The number of aromatic nitrogens is 3. The first-order valence-electron chi connectivity index (χ1n) is 6.85. The van der Waals surface area contributed by atoms with Gasteiger partial charge in [0.15, 0.2) is 5.65 Å². The minimum Gasteiger partial charge on any atom is -0.481 e. The van der Waals surface area contributed by atoms with Crippen LogP contribution in [0.15, 0.2) is 12.1 Å². The van der Waals surface area contributed by atoms with E-state index < -0.39 is 0 Å². The zero-order valence-electron chi connectivity index (χ0n) is 11.7. The van der Waals surface area contributed by atoms with E-state index in [1.165, 1.54) is 0 Å². The Balaban J connectivity index is 2.15. The molecular formula is C14H18ClN3O2. The Kier molecular flexibility index (Phi) is 3.81. The molecule has 3 rings (SSSR count). The molecule has 0 spiro atoms. The molecule has 2 aromatic rings. The summed E-state index contributed by atoms with van der Waals surface area (Å²) in [4.78, 5) is 9.19. The van der Waals surface area contributed by atoms with Crippen LogP contribution >= 0.6 is 11.6 Å². The first-order valence-corrected chi connectivity index (χ1v) is 7.29. The van der Waals surface area contributed by atoms with Crippen LogP contribution in [0.4, 0.5) is 0 Å². The summed E-state index contributed by atoms with van der Waals surface area (Å²) in [5.41, 5.74) is 1.71. The maximum atomic E-state index is 6.30. The van der Waals surface area contributed by atoms with Crippen molar-refractivity contribution >= 4 is 22.8 Å². The van der Waals surface area contributed by atoms with Crippen molar-refractivity contribution in [2.45, 2.75) is 31.2 Å². The van der Waals surface area contributed by atoms with E-state index in [1.54, 1.807) is 7.11 Å². The average Bonchev–Trinajstić information content (AvgIpc) is 2.86. The average molecular weight is 296 g/mol. The third-order valence-corrected chi connectivity index (χ3v) is 3.86. The zero-order valence-corrected chi connectivity index (χ0v) is 12.4. The molecule has 1 saturated heterocycles. The molecule has 5 nitrogen and oxygen atoms in total. The number of pyridine rings is 1. The highest BCUT2D eigenvalue weighted by molar-refractivity contribution is 6.20. The van der Waals surface area contributed by atoms with E-state index in [4.69, 9.17) is 21.1 Å². The molecule has 1 atom stereocenters. The summed E-state index contributed by atoms with van der Waals surface area (Å²) in [6.45, 7) is 3.48. The molecule has 0 aliphatic carbocycles. The van der Waals surface area contributed by atoms with Crippen molar-refractivity contribution in [1.82, 2.24) is 14.5 Å². The standard InChI is InChI=1S/C14H18ClN3O2/c1-9(15)13-16-11-3-4-12(19-2)17-14(11)18(13)10-5-7-20-8-6-10/h3-4,9-10H,5-8H2,1-2H3. The minimum atomic E-state index is -0.155. The van der Waals surface area contributed by atoms with Crippen LogP contribution in [0.1, 0.15) is 37.0 Å². The van der Waals surface area contributed by atoms with Crippen LogP contribution < -0.4 is 4.74 Å². The van der Waals surface area contributed by atoms with E-state index in [0.29, 0.717) is 11.9 Å². The van der Waals surface area contributed by atoms with Gasteiger partial charge in [0.1, 0.15) is 11.3 Å². The van der Waals surface area contributed by atoms with Gasteiger partial charge in [-0.3, -0.25) is 0 Å². The Labute approximate surface area is 122 Å². The highest BCUT2D eigenvalue weighted by Crippen LogP contribution is 2.32. The molecule has 0 radical (unpaired) electrons. The monoisotopic (exact) mass is 295 g/mol. The van der Waals surface area contributed by atoms with Gasteiger partial charge in [0.25, 0.3) is 0 Å². The summed E-state index contributed by atoms with van der Waals surface area (Å²) in [5.74, 6) is 1.47. The predicted octanol–water partition coefficient (Wildman–Crippen LogP) is 3.09. The Bertz CT molecular complexity index is 606. The lowest BCUT2D eigenvalue weighted by atomic mass is 10.1. The molecule has 0 aromatic carbocycles. The number of nitrogens with zero attached hydrogens (tertiary/aromatic N) is 3. The van der Waals surface area contributed by atoms with Crippen LogP contribution in [0.5, 0.6) is 5.88 Å². The van der Waals surface area contributed by atoms with Gasteiger partial charge in [-0.15, -0.1) is 11.6 Å². The zero-order chi connectivity index (χ0) is 14.1. The number of alkyl halides is 1. The number of methoxy groups -OCH3 is 1. The van der Waals surface area contributed by atoms with Crippen molar-refractivity contribution in [1.29, 1.82) is 0 Å². The Morgan fingerprint density at radius 3 is 2.75 bits per heavy atom. The molecule has 1 aliphatic rings. The van der Waals surface area contributed by atoms with Crippen LogP contribution in [-0.2, 0) is 4.74 Å². The fraction of sp³-hybridized carbons (Fsp3) is 0.571. The fourth-order valence-corrected chi connectivity index (χ4v) is 2.83. The highest BCUT2D eigenvalue weighted by Gasteiger charge is 2.24. The van der Waals surface area contributed by atoms with Crippen molar-refractivity contribution in [2.24, 2.45) is 0 Å². The number of hydrogen-bond acceptors (Lipinski definition) is 4. The smallest absolute Gasteiger partial charge is 0.215 e. The van der Waals surface area contributed by atoms with E-state index in [9.17, 15) is 0 Å². The summed E-state index contributed by atoms with van der Waals surface area (Å²) in [6.07, 6.45) is 1.92. The lowest BCUT2D eigenvalue weighted by molar-refractivity contribution is 0.0697. The van der Waals surface area contributed by atoms with E-state index in [-0.39, 0.29) is 5.38 Å². The molecule has 0 N–H and O–H groups in total. The second kappa shape index (κ2) is 5.58. The van der Waals surface area contributed by atoms with Crippen molar-refractivity contribution in [3.8, 4) is 5.88 Å². The molecule has 20 heavy (non-hydrogen) atoms. The van der Waals surface area contributed by atoms with Gasteiger partial charge in [-0.25, -0.2) is 4.98 Å². The maximum Gasteiger partial charge on any atom is 0.215 e. The molecule has 0 amide bonds. The molecule has 0 bridgehead atoms. The van der Waals surface area contributed by atoms with Gasteiger partial charge < -0.3 is 14.0 Å². The molecular weight excluding hydrogens is 278 g/mol. The van der Waals surface area contributed by atoms with E-state index in [1.807, 2.05) is 19.1 Å². The van der Waals surface area contributed by atoms with Gasteiger partial charge in [-0.2, -0.15) is 4.98 Å². The second-order valence-corrected chi connectivity index (χ2v) is 5.65. The van der Waals surface area contributed by atoms with Crippen LogP contribution in [0, 0.1) is 0 Å². The molecule has 2 aromatic heterocycles. The number of hydrogen-bond donors (Lipinski definition) is 0. The first kappa shape index (κ1) is 13.6. The van der Waals surface area contributed by atoms with Gasteiger partial charge >= 0.3 is 0 Å². The summed E-state index contributed by atoms with van der Waals surface area (Å²) >= 11 is 6.30. The normalized spacial score (nSPS) is 18.4. The maximum absolute atomic E-state index is 6.30. The molecule has 6 heteroatoms. The molecule has 0 saturated carbocycles. The third kappa shape index (κ3) is 2.36. The van der Waals surface area contributed by atoms with Crippen molar-refractivity contribution in [3.05, 3.63) is 18.0 Å². The second-order valence-electron chi connectivity index (χ2n) is 5.00. The largest absolute Gasteiger partial charge is 0.481 e. The van der Waals surface area contributed by atoms with Crippen molar-refractivity contribution in [3.63, 3.8) is 0 Å². The van der Waals surface area contributed by atoms with Crippen LogP contribution in [0.25, 0.3) is 11.2 Å². The van der Waals surface area contributed by atoms with E-state index in [0.717, 1.165) is 43.0 Å². The number of rotatable bonds is 3. The Morgan fingerprint density at radius 1 is 1.35 bits per heavy atom. The van der Waals surface area contributed by atoms with Crippen LogP contribution in [-0.4, -0.2) is 34.9 Å². The number of imidazole rings is 1. The van der Waals surface area contributed by atoms with Crippen molar-refractivity contribution in [2.75, 3.05) is 20.3 Å². The van der Waals surface area contributed by atoms with Crippen molar-refractivity contribution < 1.29 is 9.47 Å². The summed E-state index contributed by atoms with van der Waals surface area (Å²) < 4.78 is 12.8. The number of ether oxygens (including phenoxy) is 2. The van der Waals surface area contributed by atoms with Gasteiger partial charge in [0.2, 0.25) is 5.88 Å². The molecule has 1 aliphatic heterocycles. The van der Waals surface area contributed by atoms with E-state index in [2.05, 4.69) is 14.5 Å². The van der Waals surface area contributed by atoms with Gasteiger partial charge in [-0.05, 0) is 25.8 Å². The SMILES string of the molecule is COc1ccc2nc(C(C)Cl)n(C3CCOCC3)c2n1. The van der Waals surface area contributed by atoms with E-state index >= 15 is 0 Å². The topological polar surface area (TPSA) is 49.2 Å². The number of fused-ring (bicyclic) bond motifs is 1. The van der Waals surface area contributed by atoms with Gasteiger partial charge in [0, 0.05) is 25.3 Å². The Morgan fingerprint density at radius 2 is 2.10 bits per heavy atom. The fourth-order valence-electron chi connectivity index (χ4n) is 2.67.